The summed E-state index contributed by atoms with van der Waals surface area (Å²) in [5, 5.41) is 6.59. The van der Waals surface area contributed by atoms with Crippen molar-refractivity contribution < 1.29 is 14.2 Å². The molecule has 0 unspecified atom stereocenters. The lowest BCUT2D eigenvalue weighted by Crippen LogP contribution is -2.38. The zero-order valence-corrected chi connectivity index (χ0v) is 19.2. The van der Waals surface area contributed by atoms with E-state index >= 15 is 0 Å². The number of nitrogens with one attached hydrogen (secondary N) is 2. The van der Waals surface area contributed by atoms with Crippen LogP contribution in [0.15, 0.2) is 41.4 Å². The first-order valence-corrected chi connectivity index (χ1v) is 8.93. The Hall–Kier alpha value is -2.23. The molecular weight excluding hydrogens is 471 g/mol. The lowest BCUT2D eigenvalue weighted by molar-refractivity contribution is 0.354. The lowest BCUT2D eigenvalue weighted by Gasteiger charge is -2.12. The van der Waals surface area contributed by atoms with Crippen LogP contribution >= 0.6 is 24.0 Å². The standard InChI is InChI=1S/C20H28N4O3.HI/c1-5-21-20(23-14-16-7-6-8-19(24-16)27-4)22-12-11-15-9-10-17(25-2)18(13-15)26-3;/h6-10,13H,5,11-12,14H2,1-4H3,(H2,21,22,23);1H. The second kappa shape index (κ2) is 13.0. The molecule has 0 bridgehead atoms. The van der Waals surface area contributed by atoms with Gasteiger partial charge in [-0.25, -0.2) is 9.98 Å². The van der Waals surface area contributed by atoms with Crippen molar-refractivity contribution >= 4 is 29.9 Å². The molecule has 0 amide bonds. The van der Waals surface area contributed by atoms with E-state index in [1.54, 1.807) is 21.3 Å². The third-order valence-electron chi connectivity index (χ3n) is 3.89. The van der Waals surface area contributed by atoms with Gasteiger partial charge in [0.25, 0.3) is 0 Å². The minimum absolute atomic E-state index is 0. The van der Waals surface area contributed by atoms with Crippen LogP contribution in [0.25, 0.3) is 0 Å². The van der Waals surface area contributed by atoms with Gasteiger partial charge < -0.3 is 24.8 Å². The Bertz CT molecular complexity index is 756. The minimum Gasteiger partial charge on any atom is -0.493 e. The van der Waals surface area contributed by atoms with Crippen molar-refractivity contribution in [3.8, 4) is 17.4 Å². The summed E-state index contributed by atoms with van der Waals surface area (Å²) < 4.78 is 15.8. The van der Waals surface area contributed by atoms with Crippen LogP contribution in [0.3, 0.4) is 0 Å². The van der Waals surface area contributed by atoms with Gasteiger partial charge >= 0.3 is 0 Å². The van der Waals surface area contributed by atoms with Crippen LogP contribution in [0.2, 0.25) is 0 Å². The van der Waals surface area contributed by atoms with Gasteiger partial charge in [-0.2, -0.15) is 0 Å². The Balaban J connectivity index is 0.00000392. The Kier molecular flexibility index (Phi) is 11.1. The summed E-state index contributed by atoms with van der Waals surface area (Å²) >= 11 is 0. The molecule has 0 aliphatic heterocycles. The Morgan fingerprint density at radius 1 is 1.00 bits per heavy atom. The van der Waals surface area contributed by atoms with Crippen LogP contribution < -0.4 is 24.8 Å². The normalized spacial score (nSPS) is 10.6. The maximum absolute atomic E-state index is 5.35. The number of halogens is 1. The Morgan fingerprint density at radius 3 is 2.46 bits per heavy atom. The SMILES string of the molecule is CCNC(=NCc1cccc(OC)n1)NCCc1ccc(OC)c(OC)c1.I. The molecule has 0 saturated carbocycles. The summed E-state index contributed by atoms with van der Waals surface area (Å²) in [4.78, 5) is 8.96. The van der Waals surface area contributed by atoms with Gasteiger partial charge in [0.2, 0.25) is 5.88 Å². The average molecular weight is 500 g/mol. The van der Waals surface area contributed by atoms with Crippen molar-refractivity contribution in [3.63, 3.8) is 0 Å². The van der Waals surface area contributed by atoms with E-state index in [-0.39, 0.29) is 24.0 Å². The van der Waals surface area contributed by atoms with Gasteiger partial charge in [-0.05, 0) is 37.1 Å². The van der Waals surface area contributed by atoms with Gasteiger partial charge in [-0.1, -0.05) is 12.1 Å². The first-order valence-electron chi connectivity index (χ1n) is 8.93. The number of methoxy groups -OCH3 is 3. The number of ether oxygens (including phenoxy) is 3. The molecule has 0 saturated heterocycles. The smallest absolute Gasteiger partial charge is 0.213 e. The molecule has 1 aromatic heterocycles. The van der Waals surface area contributed by atoms with E-state index in [0.717, 1.165) is 48.2 Å². The van der Waals surface area contributed by atoms with Crippen molar-refractivity contribution in [2.75, 3.05) is 34.4 Å². The van der Waals surface area contributed by atoms with Gasteiger partial charge in [0, 0.05) is 19.2 Å². The molecule has 7 nitrogen and oxygen atoms in total. The van der Waals surface area contributed by atoms with E-state index < -0.39 is 0 Å². The fourth-order valence-electron chi connectivity index (χ4n) is 2.52. The molecule has 2 aromatic rings. The van der Waals surface area contributed by atoms with Gasteiger partial charge in [-0.15, -0.1) is 24.0 Å². The molecule has 0 spiro atoms. The van der Waals surface area contributed by atoms with Crippen molar-refractivity contribution in [1.29, 1.82) is 0 Å². The summed E-state index contributed by atoms with van der Waals surface area (Å²) in [6.07, 6.45) is 0.835. The van der Waals surface area contributed by atoms with Crippen LogP contribution in [0.1, 0.15) is 18.2 Å². The summed E-state index contributed by atoms with van der Waals surface area (Å²) in [7, 11) is 4.88. The zero-order chi connectivity index (χ0) is 19.5. The number of aliphatic imine (C=N–C) groups is 1. The third-order valence-corrected chi connectivity index (χ3v) is 3.89. The summed E-state index contributed by atoms with van der Waals surface area (Å²) in [6, 6.07) is 11.6. The van der Waals surface area contributed by atoms with Gasteiger partial charge in [0.05, 0.1) is 33.6 Å². The van der Waals surface area contributed by atoms with Crippen LogP contribution in [-0.2, 0) is 13.0 Å². The summed E-state index contributed by atoms with van der Waals surface area (Å²) in [5.41, 5.74) is 2.01. The number of pyridine rings is 1. The second-order valence-electron chi connectivity index (χ2n) is 5.73. The molecule has 1 heterocycles. The van der Waals surface area contributed by atoms with E-state index in [1.807, 2.05) is 43.3 Å². The minimum atomic E-state index is 0. The predicted octanol–water partition coefficient (Wildman–Crippen LogP) is 3.02. The predicted molar refractivity (Wildman–Crippen MR) is 122 cm³/mol. The average Bonchev–Trinajstić information content (AvgIpc) is 2.72. The largest absolute Gasteiger partial charge is 0.493 e. The highest BCUT2D eigenvalue weighted by atomic mass is 127. The van der Waals surface area contributed by atoms with Gasteiger partial charge in [-0.3, -0.25) is 0 Å². The summed E-state index contributed by atoms with van der Waals surface area (Å²) in [6.45, 7) is 4.04. The molecule has 0 aliphatic rings. The molecule has 154 valence electrons. The highest BCUT2D eigenvalue weighted by Crippen LogP contribution is 2.27. The highest BCUT2D eigenvalue weighted by Gasteiger charge is 2.05. The number of hydrogen-bond acceptors (Lipinski definition) is 5. The number of aromatic nitrogens is 1. The lowest BCUT2D eigenvalue weighted by atomic mass is 10.1. The first kappa shape index (κ1) is 23.8. The number of rotatable bonds is 9. The molecular formula is C20H29IN4O3. The van der Waals surface area contributed by atoms with Crippen molar-refractivity contribution in [3.05, 3.63) is 47.7 Å². The third kappa shape index (κ3) is 7.41. The molecule has 2 N–H and O–H groups in total. The van der Waals surface area contributed by atoms with E-state index in [4.69, 9.17) is 14.2 Å². The molecule has 1 aromatic carbocycles. The highest BCUT2D eigenvalue weighted by molar-refractivity contribution is 14.0. The van der Waals surface area contributed by atoms with E-state index in [0.29, 0.717) is 12.4 Å². The number of benzene rings is 1. The molecule has 0 atom stereocenters. The van der Waals surface area contributed by atoms with Crippen LogP contribution in [0.5, 0.6) is 17.4 Å². The van der Waals surface area contributed by atoms with Crippen LogP contribution in [0, 0.1) is 0 Å². The number of hydrogen-bond donors (Lipinski definition) is 2. The quantitative estimate of drug-likeness (QED) is 0.313. The monoisotopic (exact) mass is 500 g/mol. The molecule has 0 aliphatic carbocycles. The number of nitrogens with zero attached hydrogens (tertiary/aromatic N) is 2. The van der Waals surface area contributed by atoms with Gasteiger partial charge in [0.1, 0.15) is 0 Å². The first-order chi connectivity index (χ1) is 13.2. The second-order valence-corrected chi connectivity index (χ2v) is 5.73. The summed E-state index contributed by atoms with van der Waals surface area (Å²) in [5.74, 6) is 2.81. The van der Waals surface area contributed by atoms with E-state index in [1.165, 1.54) is 0 Å². The van der Waals surface area contributed by atoms with Crippen molar-refractivity contribution in [1.82, 2.24) is 15.6 Å². The van der Waals surface area contributed by atoms with Crippen molar-refractivity contribution in [2.24, 2.45) is 4.99 Å². The maximum atomic E-state index is 5.35. The maximum Gasteiger partial charge on any atom is 0.213 e. The Morgan fingerprint density at radius 2 is 1.79 bits per heavy atom. The fraction of sp³-hybridized carbons (Fsp3) is 0.400. The van der Waals surface area contributed by atoms with E-state index in [2.05, 4.69) is 20.6 Å². The zero-order valence-electron chi connectivity index (χ0n) is 16.8. The van der Waals surface area contributed by atoms with Crippen LogP contribution in [-0.4, -0.2) is 45.4 Å². The molecule has 0 fully saturated rings. The molecule has 0 radical (unpaired) electrons. The topological polar surface area (TPSA) is 77.0 Å². The molecule has 2 rings (SSSR count). The molecule has 28 heavy (non-hydrogen) atoms. The Labute approximate surface area is 183 Å². The van der Waals surface area contributed by atoms with Crippen LogP contribution in [0.4, 0.5) is 0 Å². The van der Waals surface area contributed by atoms with E-state index in [9.17, 15) is 0 Å². The van der Waals surface area contributed by atoms with Gasteiger partial charge in [0.15, 0.2) is 17.5 Å². The molecule has 8 heteroatoms. The number of guanidine groups is 1. The fourth-order valence-corrected chi connectivity index (χ4v) is 2.52. The van der Waals surface area contributed by atoms with Crippen molar-refractivity contribution in [2.45, 2.75) is 19.9 Å².